The first-order chi connectivity index (χ1) is 8.56. The van der Waals surface area contributed by atoms with Crippen LogP contribution in [0, 0.1) is 6.92 Å². The third-order valence-corrected chi connectivity index (χ3v) is 2.79. The first-order valence-electron chi connectivity index (χ1n) is 4.86. The summed E-state index contributed by atoms with van der Waals surface area (Å²) in [5.74, 6) is -1.18. The van der Waals surface area contributed by atoms with Crippen molar-refractivity contribution in [1.82, 2.24) is 19.9 Å². The molecule has 0 saturated heterocycles. The van der Waals surface area contributed by atoms with E-state index >= 15 is 0 Å². The highest BCUT2D eigenvalue weighted by Gasteiger charge is 2.14. The molecule has 0 bridgehead atoms. The summed E-state index contributed by atoms with van der Waals surface area (Å²) in [5, 5.41) is 9.40. The van der Waals surface area contributed by atoms with Crippen molar-refractivity contribution in [3.63, 3.8) is 0 Å². The third-order valence-electron chi connectivity index (χ3n) is 1.91. The molecule has 0 aliphatic rings. The lowest BCUT2D eigenvalue weighted by Gasteiger charge is -2.02. The second kappa shape index (κ2) is 4.96. The van der Waals surface area contributed by atoms with Gasteiger partial charge in [-0.25, -0.2) is 19.7 Å². The van der Waals surface area contributed by atoms with Gasteiger partial charge in [0.25, 0.3) is 5.56 Å². The Morgan fingerprint density at radius 3 is 2.78 bits per heavy atom. The molecule has 0 spiro atoms. The second-order valence-electron chi connectivity index (χ2n) is 3.31. The summed E-state index contributed by atoms with van der Waals surface area (Å²) in [7, 11) is 0. The first kappa shape index (κ1) is 12.2. The average molecular weight is 264 g/mol. The van der Waals surface area contributed by atoms with Gasteiger partial charge in [0.1, 0.15) is 5.03 Å². The fourth-order valence-electron chi connectivity index (χ4n) is 1.24. The van der Waals surface area contributed by atoms with E-state index in [1.165, 1.54) is 18.5 Å². The smallest absolute Gasteiger partial charge is 0.357 e. The predicted octanol–water partition coefficient (Wildman–Crippen LogP) is 0.718. The molecule has 0 unspecified atom stereocenters. The van der Waals surface area contributed by atoms with E-state index in [-0.39, 0.29) is 21.4 Å². The minimum absolute atomic E-state index is 0.174. The Labute approximate surface area is 105 Å². The van der Waals surface area contributed by atoms with Crippen LogP contribution in [0.5, 0.6) is 0 Å². The Morgan fingerprint density at radius 1 is 1.39 bits per heavy atom. The summed E-state index contributed by atoms with van der Waals surface area (Å²) in [5.41, 5.74) is 0.0689. The number of carbonyl (C=O) groups is 1. The molecular formula is C10H8N4O3S. The largest absolute Gasteiger partial charge is 0.476 e. The van der Waals surface area contributed by atoms with Gasteiger partial charge in [0.2, 0.25) is 0 Å². The number of aromatic nitrogens is 4. The number of hydrogen-bond donors (Lipinski definition) is 2. The van der Waals surface area contributed by atoms with Crippen LogP contribution in [0.15, 0.2) is 33.4 Å². The number of nitrogens with one attached hydrogen (secondary N) is 1. The molecule has 0 aliphatic carbocycles. The molecule has 2 N–H and O–H groups in total. The Kier molecular flexibility index (Phi) is 3.38. The Bertz CT molecular complexity index is 656. The fourth-order valence-corrected chi connectivity index (χ4v) is 2.11. The summed E-state index contributed by atoms with van der Waals surface area (Å²) in [6, 6.07) is 1.35. The molecule has 0 amide bonds. The van der Waals surface area contributed by atoms with Gasteiger partial charge in [0.05, 0.1) is 0 Å². The summed E-state index contributed by atoms with van der Waals surface area (Å²) >= 11 is 0.950. The number of aryl methyl sites for hydroxylation is 1. The molecule has 2 heterocycles. The standard InChI is InChI=1S/C10H8N4O3S/c1-5-4-6(15)14-10(13-5)18-8-7(9(16)17)11-2-3-12-8/h2-4H,1H3,(H,16,17)(H,13,14,15). The van der Waals surface area contributed by atoms with Crippen LogP contribution in [0.1, 0.15) is 16.2 Å². The van der Waals surface area contributed by atoms with Crippen LogP contribution in [-0.4, -0.2) is 31.0 Å². The van der Waals surface area contributed by atoms with Crippen molar-refractivity contribution in [2.75, 3.05) is 0 Å². The van der Waals surface area contributed by atoms with Gasteiger partial charge in [-0.3, -0.25) is 4.79 Å². The van der Waals surface area contributed by atoms with Crippen molar-refractivity contribution >= 4 is 17.7 Å². The number of aromatic amines is 1. The molecule has 8 heteroatoms. The molecule has 0 aliphatic heterocycles. The van der Waals surface area contributed by atoms with E-state index in [9.17, 15) is 9.59 Å². The van der Waals surface area contributed by atoms with Crippen LogP contribution in [0.4, 0.5) is 0 Å². The highest BCUT2D eigenvalue weighted by atomic mass is 32.2. The zero-order valence-corrected chi connectivity index (χ0v) is 10.1. The SMILES string of the molecule is Cc1cc(=O)[nH]c(Sc2nccnc2C(=O)O)n1. The maximum atomic E-state index is 11.3. The Balaban J connectivity index is 2.40. The molecular weight excluding hydrogens is 256 g/mol. The molecule has 0 saturated carbocycles. The number of rotatable bonds is 3. The zero-order chi connectivity index (χ0) is 13.1. The lowest BCUT2D eigenvalue weighted by molar-refractivity contribution is 0.0685. The van der Waals surface area contributed by atoms with E-state index in [2.05, 4.69) is 19.9 Å². The zero-order valence-electron chi connectivity index (χ0n) is 9.25. The van der Waals surface area contributed by atoms with Gasteiger partial charge in [-0.1, -0.05) is 0 Å². The van der Waals surface area contributed by atoms with Crippen LogP contribution in [-0.2, 0) is 0 Å². The van der Waals surface area contributed by atoms with Crippen molar-refractivity contribution in [2.45, 2.75) is 17.1 Å². The molecule has 2 aromatic rings. The summed E-state index contributed by atoms with van der Waals surface area (Å²) in [6.45, 7) is 1.67. The van der Waals surface area contributed by atoms with Gasteiger partial charge in [0.15, 0.2) is 10.9 Å². The van der Waals surface area contributed by atoms with Crippen LogP contribution in [0.25, 0.3) is 0 Å². The Morgan fingerprint density at radius 2 is 2.11 bits per heavy atom. The quantitative estimate of drug-likeness (QED) is 0.786. The number of aromatic carboxylic acids is 1. The molecule has 2 rings (SSSR count). The van der Waals surface area contributed by atoms with Gasteiger partial charge < -0.3 is 10.1 Å². The lowest BCUT2D eigenvalue weighted by Crippen LogP contribution is -2.09. The number of hydrogen-bond acceptors (Lipinski definition) is 6. The molecule has 92 valence electrons. The van der Waals surface area contributed by atoms with Crippen LogP contribution >= 0.6 is 11.8 Å². The minimum Gasteiger partial charge on any atom is -0.476 e. The summed E-state index contributed by atoms with van der Waals surface area (Å²) < 4.78 is 0. The molecule has 2 aromatic heterocycles. The Hall–Kier alpha value is -2.22. The normalized spacial score (nSPS) is 10.3. The minimum atomic E-state index is -1.18. The number of H-pyrrole nitrogens is 1. The highest BCUT2D eigenvalue weighted by Crippen LogP contribution is 2.23. The van der Waals surface area contributed by atoms with Crippen LogP contribution in [0.2, 0.25) is 0 Å². The van der Waals surface area contributed by atoms with E-state index in [1.807, 2.05) is 0 Å². The lowest BCUT2D eigenvalue weighted by atomic mass is 10.5. The van der Waals surface area contributed by atoms with E-state index in [1.54, 1.807) is 6.92 Å². The summed E-state index contributed by atoms with van der Waals surface area (Å²) in [4.78, 5) is 36.4. The topological polar surface area (TPSA) is 109 Å². The van der Waals surface area contributed by atoms with Crippen molar-refractivity contribution in [3.8, 4) is 0 Å². The fraction of sp³-hybridized carbons (Fsp3) is 0.100. The first-order valence-corrected chi connectivity index (χ1v) is 5.68. The van der Waals surface area contributed by atoms with Gasteiger partial charge in [-0.05, 0) is 18.7 Å². The van der Waals surface area contributed by atoms with E-state index < -0.39 is 5.97 Å². The van der Waals surface area contributed by atoms with Crippen LogP contribution in [0.3, 0.4) is 0 Å². The van der Waals surface area contributed by atoms with Gasteiger partial charge in [-0.15, -0.1) is 0 Å². The second-order valence-corrected chi connectivity index (χ2v) is 4.29. The van der Waals surface area contributed by atoms with Crippen LogP contribution < -0.4 is 5.56 Å². The molecule has 7 nitrogen and oxygen atoms in total. The van der Waals surface area contributed by atoms with Crippen molar-refractivity contribution < 1.29 is 9.90 Å². The van der Waals surface area contributed by atoms with E-state index in [4.69, 9.17) is 5.11 Å². The molecule has 0 atom stereocenters. The van der Waals surface area contributed by atoms with Crippen molar-refractivity contribution in [1.29, 1.82) is 0 Å². The van der Waals surface area contributed by atoms with Gasteiger partial charge >= 0.3 is 5.97 Å². The number of nitrogens with zero attached hydrogens (tertiary/aromatic N) is 3. The number of carboxylic acid groups (broad SMARTS) is 1. The molecule has 0 fully saturated rings. The van der Waals surface area contributed by atoms with Crippen molar-refractivity contribution in [3.05, 3.63) is 40.2 Å². The van der Waals surface area contributed by atoms with Crippen molar-refractivity contribution in [2.24, 2.45) is 0 Å². The van der Waals surface area contributed by atoms with Gasteiger partial charge in [0, 0.05) is 24.2 Å². The van der Waals surface area contributed by atoms with E-state index in [0.717, 1.165) is 11.8 Å². The highest BCUT2D eigenvalue weighted by molar-refractivity contribution is 7.99. The molecule has 0 aromatic carbocycles. The van der Waals surface area contributed by atoms with Gasteiger partial charge in [-0.2, -0.15) is 0 Å². The number of carboxylic acids is 1. The maximum absolute atomic E-state index is 11.3. The monoisotopic (exact) mass is 264 g/mol. The van der Waals surface area contributed by atoms with E-state index in [0.29, 0.717) is 5.69 Å². The summed E-state index contributed by atoms with van der Waals surface area (Å²) in [6.07, 6.45) is 2.67. The maximum Gasteiger partial charge on any atom is 0.357 e. The third kappa shape index (κ3) is 2.72. The average Bonchev–Trinajstić information content (AvgIpc) is 2.27. The predicted molar refractivity (Wildman–Crippen MR) is 62.7 cm³/mol. The molecule has 18 heavy (non-hydrogen) atoms. The molecule has 0 radical (unpaired) electrons.